The fourth-order valence-electron chi connectivity index (χ4n) is 2.38. The van der Waals surface area contributed by atoms with Crippen molar-refractivity contribution in [1.29, 1.82) is 0 Å². The number of carbonyl (C=O) groups excluding carboxylic acids is 1. The van der Waals surface area contributed by atoms with Crippen LogP contribution in [-0.2, 0) is 0 Å². The molecule has 0 atom stereocenters. The number of aromatic hydroxyl groups is 1. The molecule has 4 nitrogen and oxygen atoms in total. The van der Waals surface area contributed by atoms with Crippen molar-refractivity contribution < 1.29 is 9.90 Å². The number of amides is 1. The zero-order valence-corrected chi connectivity index (χ0v) is 12.4. The van der Waals surface area contributed by atoms with Crippen LogP contribution in [-0.4, -0.2) is 11.0 Å². The van der Waals surface area contributed by atoms with Gasteiger partial charge in [0.1, 0.15) is 5.75 Å². The molecule has 4 N–H and O–H groups in total. The van der Waals surface area contributed by atoms with E-state index in [2.05, 4.69) is 5.32 Å². The molecule has 3 aromatic rings. The summed E-state index contributed by atoms with van der Waals surface area (Å²) in [6, 6.07) is 21.5. The van der Waals surface area contributed by atoms with E-state index >= 15 is 0 Å². The molecule has 0 saturated heterocycles. The van der Waals surface area contributed by atoms with Crippen LogP contribution < -0.4 is 11.1 Å². The van der Waals surface area contributed by atoms with E-state index in [1.807, 2.05) is 30.3 Å². The maximum atomic E-state index is 12.4. The fourth-order valence-corrected chi connectivity index (χ4v) is 2.38. The second-order valence-electron chi connectivity index (χ2n) is 5.11. The molecule has 1 amide bonds. The monoisotopic (exact) mass is 304 g/mol. The summed E-state index contributed by atoms with van der Waals surface area (Å²) in [7, 11) is 0. The molecule has 0 fully saturated rings. The smallest absolute Gasteiger partial charge is 0.259 e. The number of carbonyl (C=O) groups is 1. The Hall–Kier alpha value is -3.27. The average molecular weight is 304 g/mol. The van der Waals surface area contributed by atoms with Crippen molar-refractivity contribution in [2.75, 3.05) is 11.1 Å². The van der Waals surface area contributed by atoms with Gasteiger partial charge in [-0.2, -0.15) is 0 Å². The van der Waals surface area contributed by atoms with Crippen LogP contribution in [0.3, 0.4) is 0 Å². The van der Waals surface area contributed by atoms with Gasteiger partial charge in [0.15, 0.2) is 0 Å². The van der Waals surface area contributed by atoms with Crippen LogP contribution in [0.15, 0.2) is 72.8 Å². The lowest BCUT2D eigenvalue weighted by Gasteiger charge is -2.11. The number of benzene rings is 3. The zero-order chi connectivity index (χ0) is 16.2. The predicted molar refractivity (Wildman–Crippen MR) is 92.4 cm³/mol. The van der Waals surface area contributed by atoms with Crippen LogP contribution in [0.25, 0.3) is 11.1 Å². The molecule has 0 aliphatic heterocycles. The molecule has 0 aliphatic rings. The van der Waals surface area contributed by atoms with E-state index in [-0.39, 0.29) is 11.3 Å². The number of para-hydroxylation sites is 3. The minimum atomic E-state index is -0.404. The zero-order valence-electron chi connectivity index (χ0n) is 12.4. The Labute approximate surface area is 134 Å². The number of nitrogen functional groups attached to an aromatic ring is 1. The Morgan fingerprint density at radius 1 is 0.870 bits per heavy atom. The summed E-state index contributed by atoms with van der Waals surface area (Å²) in [5.74, 6) is -0.455. The Morgan fingerprint density at radius 2 is 1.57 bits per heavy atom. The second kappa shape index (κ2) is 6.23. The molecule has 0 saturated carbocycles. The maximum Gasteiger partial charge on any atom is 0.259 e. The first-order valence-corrected chi connectivity index (χ1v) is 7.20. The standard InChI is InChI=1S/C19H16N2O2/c20-16-11-4-5-12-17(16)21-19(23)15-10-6-9-14(18(15)22)13-7-2-1-3-8-13/h1-12,22H,20H2,(H,21,23). The number of rotatable bonds is 3. The summed E-state index contributed by atoms with van der Waals surface area (Å²) < 4.78 is 0. The van der Waals surface area contributed by atoms with Gasteiger partial charge in [-0.15, -0.1) is 0 Å². The van der Waals surface area contributed by atoms with Gasteiger partial charge in [0.05, 0.1) is 16.9 Å². The van der Waals surface area contributed by atoms with Crippen LogP contribution in [0.4, 0.5) is 11.4 Å². The Kier molecular flexibility index (Phi) is 3.97. The van der Waals surface area contributed by atoms with Crippen molar-refractivity contribution in [2.24, 2.45) is 0 Å². The highest BCUT2D eigenvalue weighted by Gasteiger charge is 2.15. The fraction of sp³-hybridized carbons (Fsp3) is 0. The first-order chi connectivity index (χ1) is 11.2. The van der Waals surface area contributed by atoms with Crippen molar-refractivity contribution in [3.8, 4) is 16.9 Å². The van der Waals surface area contributed by atoms with Gasteiger partial charge < -0.3 is 16.2 Å². The number of phenolic OH excluding ortho intramolecular Hbond substituents is 1. The minimum absolute atomic E-state index is 0.0503. The molecule has 3 aromatic carbocycles. The molecule has 0 spiro atoms. The third-order valence-corrected chi connectivity index (χ3v) is 3.57. The van der Waals surface area contributed by atoms with Crippen molar-refractivity contribution in [1.82, 2.24) is 0 Å². The topological polar surface area (TPSA) is 75.3 Å². The second-order valence-corrected chi connectivity index (χ2v) is 5.11. The molecule has 0 unspecified atom stereocenters. The molecule has 114 valence electrons. The summed E-state index contributed by atoms with van der Waals surface area (Å²) in [6.07, 6.45) is 0. The van der Waals surface area contributed by atoms with Crippen LogP contribution in [0.5, 0.6) is 5.75 Å². The highest BCUT2D eigenvalue weighted by molar-refractivity contribution is 6.08. The molecule has 0 aromatic heterocycles. The normalized spacial score (nSPS) is 10.3. The van der Waals surface area contributed by atoms with Gasteiger partial charge in [-0.05, 0) is 23.8 Å². The first kappa shape index (κ1) is 14.7. The molecule has 23 heavy (non-hydrogen) atoms. The number of nitrogens with one attached hydrogen (secondary N) is 1. The lowest BCUT2D eigenvalue weighted by Crippen LogP contribution is -2.13. The van der Waals surface area contributed by atoms with E-state index in [0.717, 1.165) is 5.56 Å². The molecule has 0 aliphatic carbocycles. The summed E-state index contributed by atoms with van der Waals surface area (Å²) in [5, 5.41) is 13.2. The molecule has 0 heterocycles. The van der Waals surface area contributed by atoms with Crippen molar-refractivity contribution in [3.05, 3.63) is 78.4 Å². The van der Waals surface area contributed by atoms with Gasteiger partial charge in [-0.1, -0.05) is 54.6 Å². The summed E-state index contributed by atoms with van der Waals surface area (Å²) in [5.41, 5.74) is 8.48. The third-order valence-electron chi connectivity index (χ3n) is 3.57. The summed E-state index contributed by atoms with van der Waals surface area (Å²) >= 11 is 0. The summed E-state index contributed by atoms with van der Waals surface area (Å²) in [6.45, 7) is 0. The molecular weight excluding hydrogens is 288 g/mol. The van der Waals surface area contributed by atoms with E-state index in [1.165, 1.54) is 0 Å². The van der Waals surface area contributed by atoms with Gasteiger partial charge >= 0.3 is 0 Å². The Bertz CT molecular complexity index is 845. The van der Waals surface area contributed by atoms with Crippen LogP contribution in [0.2, 0.25) is 0 Å². The largest absolute Gasteiger partial charge is 0.506 e. The highest BCUT2D eigenvalue weighted by atomic mass is 16.3. The van der Waals surface area contributed by atoms with Crippen molar-refractivity contribution in [2.45, 2.75) is 0 Å². The molecule has 4 heteroatoms. The molecule has 3 rings (SSSR count). The van der Waals surface area contributed by atoms with E-state index in [9.17, 15) is 9.90 Å². The van der Waals surface area contributed by atoms with E-state index < -0.39 is 5.91 Å². The number of anilines is 2. The van der Waals surface area contributed by atoms with Crippen LogP contribution in [0.1, 0.15) is 10.4 Å². The third kappa shape index (κ3) is 3.01. The van der Waals surface area contributed by atoms with Gasteiger partial charge in [0, 0.05) is 5.56 Å². The maximum absolute atomic E-state index is 12.4. The number of phenols is 1. The lowest BCUT2D eigenvalue weighted by atomic mass is 10.0. The van der Waals surface area contributed by atoms with Crippen LogP contribution in [0, 0.1) is 0 Å². The lowest BCUT2D eigenvalue weighted by molar-refractivity contribution is 0.102. The van der Waals surface area contributed by atoms with Crippen molar-refractivity contribution >= 4 is 17.3 Å². The number of hydrogen-bond acceptors (Lipinski definition) is 3. The van der Waals surface area contributed by atoms with Gasteiger partial charge in [0.2, 0.25) is 0 Å². The predicted octanol–water partition coefficient (Wildman–Crippen LogP) is 3.89. The van der Waals surface area contributed by atoms with E-state index in [0.29, 0.717) is 16.9 Å². The average Bonchev–Trinajstić information content (AvgIpc) is 2.58. The summed E-state index contributed by atoms with van der Waals surface area (Å²) in [4.78, 5) is 12.4. The van der Waals surface area contributed by atoms with E-state index in [4.69, 9.17) is 5.73 Å². The quantitative estimate of drug-likeness (QED) is 0.642. The van der Waals surface area contributed by atoms with Gasteiger partial charge in [-0.3, -0.25) is 4.79 Å². The number of hydrogen-bond donors (Lipinski definition) is 3. The minimum Gasteiger partial charge on any atom is -0.506 e. The molecule has 0 radical (unpaired) electrons. The van der Waals surface area contributed by atoms with Gasteiger partial charge in [-0.25, -0.2) is 0 Å². The molecular formula is C19H16N2O2. The Morgan fingerprint density at radius 3 is 2.30 bits per heavy atom. The van der Waals surface area contributed by atoms with Crippen molar-refractivity contribution in [3.63, 3.8) is 0 Å². The molecule has 0 bridgehead atoms. The van der Waals surface area contributed by atoms with Gasteiger partial charge in [0.25, 0.3) is 5.91 Å². The first-order valence-electron chi connectivity index (χ1n) is 7.20. The number of nitrogens with two attached hydrogens (primary N) is 1. The van der Waals surface area contributed by atoms with Crippen LogP contribution >= 0.6 is 0 Å². The SMILES string of the molecule is Nc1ccccc1NC(=O)c1cccc(-c2ccccc2)c1O. The highest BCUT2D eigenvalue weighted by Crippen LogP contribution is 2.32. The van der Waals surface area contributed by atoms with E-state index in [1.54, 1.807) is 42.5 Å². The Balaban J connectivity index is 1.95.